The number of hydrogen-bond donors (Lipinski definition) is 1. The molecule has 0 aromatic heterocycles. The third-order valence-corrected chi connectivity index (χ3v) is 9.09. The van der Waals surface area contributed by atoms with Crippen molar-refractivity contribution >= 4 is 25.8 Å². The SMILES string of the molecule is CCCCCCCCCCCSC(CCCCCCC)C(C)OC(O)(C(=O)OC(C)C)[P+](=O)OCCC. The molecule has 0 heterocycles. The maximum Gasteiger partial charge on any atom is 0.589 e. The highest BCUT2D eigenvalue weighted by Crippen LogP contribution is 2.43. The van der Waals surface area contributed by atoms with Crippen LogP contribution < -0.4 is 0 Å². The molecule has 37 heavy (non-hydrogen) atoms. The van der Waals surface area contributed by atoms with E-state index in [1.165, 1.54) is 70.6 Å². The largest absolute Gasteiger partial charge is 0.589 e. The summed E-state index contributed by atoms with van der Waals surface area (Å²) in [6.07, 6.45) is 18.1. The quantitative estimate of drug-likeness (QED) is 0.0484. The fraction of sp³-hybridized carbons (Fsp3) is 0.966. The van der Waals surface area contributed by atoms with Crippen LogP contribution in [0.4, 0.5) is 0 Å². The van der Waals surface area contributed by atoms with Crippen molar-refractivity contribution in [2.24, 2.45) is 0 Å². The monoisotopic (exact) mass is 565 g/mol. The lowest BCUT2D eigenvalue weighted by Crippen LogP contribution is -2.45. The molecule has 0 radical (unpaired) electrons. The van der Waals surface area contributed by atoms with Crippen molar-refractivity contribution in [3.63, 3.8) is 0 Å². The zero-order valence-corrected chi connectivity index (χ0v) is 26.5. The van der Waals surface area contributed by atoms with Crippen molar-refractivity contribution in [3.8, 4) is 0 Å². The fourth-order valence-corrected chi connectivity index (χ4v) is 6.41. The summed E-state index contributed by atoms with van der Waals surface area (Å²) in [7, 11) is -2.81. The molecule has 1 N–H and O–H groups in total. The summed E-state index contributed by atoms with van der Waals surface area (Å²) >= 11 is 1.84. The van der Waals surface area contributed by atoms with Gasteiger partial charge >= 0.3 is 19.5 Å². The van der Waals surface area contributed by atoms with E-state index in [2.05, 4.69) is 13.8 Å². The summed E-state index contributed by atoms with van der Waals surface area (Å²) in [5.74, 6) is -0.0338. The first-order chi connectivity index (χ1) is 17.7. The second-order valence-electron chi connectivity index (χ2n) is 10.4. The summed E-state index contributed by atoms with van der Waals surface area (Å²) in [4.78, 5) is 12.7. The molecule has 0 aliphatic carbocycles. The van der Waals surface area contributed by atoms with Crippen molar-refractivity contribution in [1.29, 1.82) is 0 Å². The highest BCUT2D eigenvalue weighted by Gasteiger charge is 2.63. The maximum absolute atomic E-state index is 12.8. The zero-order chi connectivity index (χ0) is 27.9. The lowest BCUT2D eigenvalue weighted by Gasteiger charge is -2.27. The van der Waals surface area contributed by atoms with E-state index in [4.69, 9.17) is 14.0 Å². The number of thioether (sulfide) groups is 1. The van der Waals surface area contributed by atoms with Crippen molar-refractivity contribution in [3.05, 3.63) is 0 Å². The van der Waals surface area contributed by atoms with Gasteiger partial charge in [-0.05, 0) is 50.4 Å². The Kier molecular flexibility index (Phi) is 23.5. The second kappa shape index (κ2) is 23.7. The molecular formula is C29H58O6PS+. The Balaban J connectivity index is 5.01. The molecular weight excluding hydrogens is 507 g/mol. The van der Waals surface area contributed by atoms with Gasteiger partial charge in [0.15, 0.2) is 0 Å². The average Bonchev–Trinajstić information content (AvgIpc) is 2.86. The fourth-order valence-electron chi connectivity index (χ4n) is 4.10. The molecule has 0 aromatic rings. The predicted molar refractivity (Wildman–Crippen MR) is 157 cm³/mol. The van der Waals surface area contributed by atoms with Gasteiger partial charge in [0.1, 0.15) is 6.61 Å². The number of esters is 1. The first-order valence-corrected chi connectivity index (χ1v) is 17.3. The van der Waals surface area contributed by atoms with Crippen LogP contribution in [0.15, 0.2) is 0 Å². The molecule has 0 aliphatic rings. The van der Waals surface area contributed by atoms with Gasteiger partial charge in [-0.1, -0.05) is 104 Å². The Morgan fingerprint density at radius 1 is 0.811 bits per heavy atom. The van der Waals surface area contributed by atoms with E-state index in [-0.39, 0.29) is 11.9 Å². The van der Waals surface area contributed by atoms with Gasteiger partial charge in [-0.3, -0.25) is 4.74 Å². The van der Waals surface area contributed by atoms with Crippen molar-refractivity contribution in [1.82, 2.24) is 0 Å². The van der Waals surface area contributed by atoms with Crippen LogP contribution in [0.1, 0.15) is 144 Å². The standard InChI is InChI=1S/C29H58O6PS/c1-7-10-12-14-15-16-17-19-21-24-37-27(22-20-18-13-11-8-2)26(6)35-29(31,28(30)34-25(4)5)36(32)33-23-9-3/h25-27,31H,7-24H2,1-6H3/q+1. The minimum atomic E-state index is -2.81. The minimum absolute atomic E-state index is 0.0867. The smallest absolute Gasteiger partial charge is 0.455 e. The average molecular weight is 566 g/mol. The van der Waals surface area contributed by atoms with E-state index in [1.54, 1.807) is 13.8 Å². The number of hydrogen-bond acceptors (Lipinski definition) is 7. The van der Waals surface area contributed by atoms with Crippen LogP contribution in [0.2, 0.25) is 0 Å². The van der Waals surface area contributed by atoms with Gasteiger partial charge in [0.05, 0.1) is 12.2 Å². The molecule has 0 aliphatic heterocycles. The highest BCUT2D eigenvalue weighted by molar-refractivity contribution is 7.99. The number of unbranched alkanes of at least 4 members (excludes halogenated alkanes) is 12. The Morgan fingerprint density at radius 2 is 1.32 bits per heavy atom. The van der Waals surface area contributed by atoms with Crippen LogP contribution in [0.5, 0.6) is 0 Å². The number of carbonyl (C=O) groups excluding carboxylic acids is 1. The van der Waals surface area contributed by atoms with E-state index in [9.17, 15) is 14.5 Å². The van der Waals surface area contributed by atoms with Gasteiger partial charge in [0.2, 0.25) is 0 Å². The molecule has 0 spiro atoms. The van der Waals surface area contributed by atoms with Gasteiger partial charge in [-0.2, -0.15) is 11.8 Å². The molecule has 220 valence electrons. The van der Waals surface area contributed by atoms with E-state index in [1.807, 2.05) is 25.6 Å². The van der Waals surface area contributed by atoms with Crippen LogP contribution in [0.3, 0.4) is 0 Å². The van der Waals surface area contributed by atoms with E-state index >= 15 is 0 Å². The Morgan fingerprint density at radius 3 is 1.84 bits per heavy atom. The number of rotatable bonds is 26. The van der Waals surface area contributed by atoms with E-state index < -0.39 is 31.7 Å². The predicted octanol–water partition coefficient (Wildman–Crippen LogP) is 9.15. The molecule has 0 fully saturated rings. The van der Waals surface area contributed by atoms with Crippen molar-refractivity contribution in [2.45, 2.75) is 167 Å². The number of ether oxygens (including phenoxy) is 2. The lowest BCUT2D eigenvalue weighted by atomic mass is 10.1. The van der Waals surface area contributed by atoms with Gasteiger partial charge < -0.3 is 9.84 Å². The topological polar surface area (TPSA) is 82.1 Å². The second-order valence-corrected chi connectivity index (χ2v) is 13.1. The Hall–Kier alpha value is -0.200. The number of carbonyl (C=O) groups is 1. The summed E-state index contributed by atoms with van der Waals surface area (Å²) in [5.41, 5.74) is -2.60. The highest BCUT2D eigenvalue weighted by atomic mass is 32.2. The van der Waals surface area contributed by atoms with Gasteiger partial charge in [0, 0.05) is 5.25 Å². The lowest BCUT2D eigenvalue weighted by molar-refractivity contribution is -0.212. The van der Waals surface area contributed by atoms with E-state index in [0.29, 0.717) is 6.42 Å². The van der Waals surface area contributed by atoms with Crippen LogP contribution >= 0.6 is 19.8 Å². The van der Waals surface area contributed by atoms with Crippen LogP contribution in [-0.2, 0) is 23.4 Å². The molecule has 0 saturated carbocycles. The van der Waals surface area contributed by atoms with Crippen LogP contribution in [0.25, 0.3) is 0 Å². The molecule has 0 saturated heterocycles. The molecule has 4 atom stereocenters. The molecule has 0 amide bonds. The van der Waals surface area contributed by atoms with Crippen LogP contribution in [-0.4, -0.2) is 46.4 Å². The minimum Gasteiger partial charge on any atom is -0.455 e. The normalized spacial score (nSPS) is 15.4. The van der Waals surface area contributed by atoms with Gasteiger partial charge in [0.25, 0.3) is 0 Å². The summed E-state index contributed by atoms with van der Waals surface area (Å²) in [5, 5.41) is 11.2. The van der Waals surface area contributed by atoms with E-state index in [0.717, 1.165) is 31.4 Å². The van der Waals surface area contributed by atoms with Gasteiger partial charge in [-0.15, -0.1) is 4.52 Å². The molecule has 0 rings (SSSR count). The molecule has 6 nitrogen and oxygen atoms in total. The van der Waals surface area contributed by atoms with Crippen molar-refractivity contribution in [2.75, 3.05) is 12.4 Å². The number of aliphatic hydroxyl groups is 1. The van der Waals surface area contributed by atoms with Gasteiger partial charge in [-0.25, -0.2) is 4.79 Å². The first kappa shape index (κ1) is 36.8. The maximum atomic E-state index is 12.8. The molecule has 8 heteroatoms. The summed E-state index contributed by atoms with van der Waals surface area (Å²) in [6, 6.07) is 0. The molecule has 0 aromatic carbocycles. The molecule has 4 unspecified atom stereocenters. The third-order valence-electron chi connectivity index (χ3n) is 6.31. The summed E-state index contributed by atoms with van der Waals surface area (Å²) < 4.78 is 29.2. The zero-order valence-electron chi connectivity index (χ0n) is 24.8. The Labute approximate surface area is 233 Å². The first-order valence-electron chi connectivity index (χ1n) is 15.1. The molecule has 0 bridgehead atoms. The third kappa shape index (κ3) is 17.9. The van der Waals surface area contributed by atoms with Crippen LogP contribution in [0, 0.1) is 0 Å². The summed E-state index contributed by atoms with van der Waals surface area (Å²) in [6.45, 7) is 11.7. The Bertz CT molecular complexity index is 577. The van der Waals surface area contributed by atoms with Crippen molar-refractivity contribution < 1.29 is 28.5 Å².